The van der Waals surface area contributed by atoms with E-state index in [2.05, 4.69) is 5.32 Å². The number of aryl methyl sites for hydroxylation is 4. The number of carbonyl (C=O) groups excluding carboxylic acids is 2. The first-order valence-corrected chi connectivity index (χ1v) is 10.3. The molecule has 0 saturated carbocycles. The second-order valence-electron chi connectivity index (χ2n) is 8.19. The van der Waals surface area contributed by atoms with E-state index in [9.17, 15) is 9.59 Å². The molecule has 2 aromatic rings. The number of rotatable bonds is 7. The molecule has 0 atom stereocenters. The first-order chi connectivity index (χ1) is 14.2. The molecule has 0 radical (unpaired) electrons. The van der Waals surface area contributed by atoms with Gasteiger partial charge in [-0.05, 0) is 69.9 Å². The first kappa shape index (κ1) is 21.8. The average Bonchev–Trinajstić information content (AvgIpc) is 2.89. The number of amides is 2. The molecule has 0 saturated heterocycles. The van der Waals surface area contributed by atoms with Crippen LogP contribution in [0.25, 0.3) is 5.57 Å². The average molecular weight is 407 g/mol. The Kier molecular flexibility index (Phi) is 6.42. The van der Waals surface area contributed by atoms with Gasteiger partial charge < -0.3 is 10.1 Å². The molecule has 158 valence electrons. The Hall–Kier alpha value is -2.92. The minimum atomic E-state index is -0.316. The summed E-state index contributed by atoms with van der Waals surface area (Å²) in [5.41, 5.74) is 6.51. The summed E-state index contributed by atoms with van der Waals surface area (Å²) in [6.45, 7) is 12.4. The molecule has 0 spiro atoms. The maximum Gasteiger partial charge on any atom is 0.278 e. The molecule has 0 aliphatic carbocycles. The maximum absolute atomic E-state index is 13.3. The molecule has 1 aliphatic heterocycles. The summed E-state index contributed by atoms with van der Waals surface area (Å²) in [4.78, 5) is 27.9. The van der Waals surface area contributed by atoms with Crippen LogP contribution in [0.2, 0.25) is 0 Å². The fraction of sp³-hybridized carbons (Fsp3) is 0.360. The molecule has 2 aromatic carbocycles. The SMILES string of the molecule is Cc1ccc(C2=C(Nc3cc(C)ccc3C)C(=O)N(CCOC(C)C)C2=O)c(C)c1. The van der Waals surface area contributed by atoms with Crippen LogP contribution in [0.1, 0.15) is 41.7 Å². The summed E-state index contributed by atoms with van der Waals surface area (Å²) in [5, 5.41) is 3.28. The molecule has 1 aliphatic rings. The van der Waals surface area contributed by atoms with Gasteiger partial charge in [0.1, 0.15) is 5.70 Å². The number of imide groups is 1. The van der Waals surface area contributed by atoms with Crippen LogP contribution in [0.3, 0.4) is 0 Å². The van der Waals surface area contributed by atoms with Gasteiger partial charge >= 0.3 is 0 Å². The van der Waals surface area contributed by atoms with Crippen LogP contribution in [-0.4, -0.2) is 36.0 Å². The minimum Gasteiger partial charge on any atom is -0.377 e. The molecule has 0 fully saturated rings. The number of carbonyl (C=O) groups is 2. The van der Waals surface area contributed by atoms with Gasteiger partial charge in [-0.1, -0.05) is 35.9 Å². The van der Waals surface area contributed by atoms with Crippen molar-refractivity contribution in [2.24, 2.45) is 0 Å². The van der Waals surface area contributed by atoms with Gasteiger partial charge in [0.15, 0.2) is 0 Å². The zero-order valence-electron chi connectivity index (χ0n) is 18.6. The highest BCUT2D eigenvalue weighted by Gasteiger charge is 2.39. The Balaban J connectivity index is 2.05. The van der Waals surface area contributed by atoms with E-state index in [1.54, 1.807) is 0 Å². The zero-order valence-corrected chi connectivity index (χ0v) is 18.6. The smallest absolute Gasteiger partial charge is 0.278 e. The fourth-order valence-electron chi connectivity index (χ4n) is 3.62. The van der Waals surface area contributed by atoms with Crippen molar-refractivity contribution < 1.29 is 14.3 Å². The van der Waals surface area contributed by atoms with E-state index in [-0.39, 0.29) is 24.5 Å². The number of hydrogen-bond donors (Lipinski definition) is 1. The summed E-state index contributed by atoms with van der Waals surface area (Å²) in [6, 6.07) is 11.9. The highest BCUT2D eigenvalue weighted by atomic mass is 16.5. The predicted molar refractivity (Wildman–Crippen MR) is 120 cm³/mol. The van der Waals surface area contributed by atoms with Crippen molar-refractivity contribution in [2.45, 2.75) is 47.6 Å². The van der Waals surface area contributed by atoms with Crippen LogP contribution in [0.4, 0.5) is 5.69 Å². The molecule has 5 nitrogen and oxygen atoms in total. The predicted octanol–water partition coefficient (Wildman–Crippen LogP) is 4.54. The Morgan fingerprint density at radius 2 is 1.57 bits per heavy atom. The van der Waals surface area contributed by atoms with Crippen molar-refractivity contribution in [3.05, 3.63) is 69.9 Å². The summed E-state index contributed by atoms with van der Waals surface area (Å²) in [6.07, 6.45) is 0.0390. The first-order valence-electron chi connectivity index (χ1n) is 10.3. The molecule has 3 rings (SSSR count). The van der Waals surface area contributed by atoms with Gasteiger partial charge in [0.2, 0.25) is 0 Å². The summed E-state index contributed by atoms with van der Waals surface area (Å²) >= 11 is 0. The van der Waals surface area contributed by atoms with Crippen LogP contribution < -0.4 is 5.32 Å². The number of benzene rings is 2. The highest BCUT2D eigenvalue weighted by molar-refractivity contribution is 6.36. The van der Waals surface area contributed by atoms with E-state index in [1.807, 2.05) is 77.9 Å². The number of nitrogens with zero attached hydrogens (tertiary/aromatic N) is 1. The number of hydrogen-bond acceptors (Lipinski definition) is 4. The Labute approximate surface area is 178 Å². The van der Waals surface area contributed by atoms with E-state index in [1.165, 1.54) is 4.90 Å². The standard InChI is InChI=1S/C25H30N2O3/c1-15(2)30-12-11-27-24(28)22(20-10-8-16(3)13-19(20)6)23(25(27)29)26-21-14-17(4)7-9-18(21)5/h7-10,13-15,26H,11-12H2,1-6H3. The third-order valence-corrected chi connectivity index (χ3v) is 5.24. The van der Waals surface area contributed by atoms with Crippen LogP contribution >= 0.6 is 0 Å². The Bertz CT molecular complexity index is 1020. The minimum absolute atomic E-state index is 0.0390. The third kappa shape index (κ3) is 4.46. The van der Waals surface area contributed by atoms with Crippen LogP contribution in [0, 0.1) is 27.7 Å². The molecule has 30 heavy (non-hydrogen) atoms. The van der Waals surface area contributed by atoms with Gasteiger partial charge in [-0.3, -0.25) is 14.5 Å². The monoisotopic (exact) mass is 406 g/mol. The van der Waals surface area contributed by atoms with Crippen molar-refractivity contribution >= 4 is 23.1 Å². The highest BCUT2D eigenvalue weighted by Crippen LogP contribution is 2.33. The summed E-state index contributed by atoms with van der Waals surface area (Å²) < 4.78 is 5.58. The summed E-state index contributed by atoms with van der Waals surface area (Å²) in [7, 11) is 0. The van der Waals surface area contributed by atoms with Crippen molar-refractivity contribution in [2.75, 3.05) is 18.5 Å². The van der Waals surface area contributed by atoms with Gasteiger partial charge in [-0.15, -0.1) is 0 Å². The second-order valence-corrected chi connectivity index (χ2v) is 8.19. The van der Waals surface area contributed by atoms with E-state index in [4.69, 9.17) is 4.74 Å². The molecule has 1 heterocycles. The normalized spacial score (nSPS) is 14.3. The lowest BCUT2D eigenvalue weighted by Gasteiger charge is -2.17. The number of nitrogens with one attached hydrogen (secondary N) is 1. The van der Waals surface area contributed by atoms with Crippen molar-refractivity contribution in [3.63, 3.8) is 0 Å². The molecule has 5 heteroatoms. The fourth-order valence-corrected chi connectivity index (χ4v) is 3.62. The molecule has 0 bridgehead atoms. The summed E-state index contributed by atoms with van der Waals surface area (Å²) in [5.74, 6) is -0.602. The van der Waals surface area contributed by atoms with E-state index in [0.717, 1.165) is 33.5 Å². The Morgan fingerprint density at radius 3 is 2.23 bits per heavy atom. The molecule has 0 aromatic heterocycles. The number of anilines is 1. The number of ether oxygens (including phenoxy) is 1. The quantitative estimate of drug-likeness (QED) is 0.686. The van der Waals surface area contributed by atoms with Crippen LogP contribution in [0.5, 0.6) is 0 Å². The largest absolute Gasteiger partial charge is 0.377 e. The Morgan fingerprint density at radius 1 is 0.900 bits per heavy atom. The zero-order chi connectivity index (χ0) is 22.0. The van der Waals surface area contributed by atoms with Gasteiger partial charge in [0, 0.05) is 5.69 Å². The van der Waals surface area contributed by atoms with E-state index < -0.39 is 0 Å². The van der Waals surface area contributed by atoms with Crippen molar-refractivity contribution in [3.8, 4) is 0 Å². The molecule has 1 N–H and O–H groups in total. The lowest BCUT2D eigenvalue weighted by Crippen LogP contribution is -2.35. The van der Waals surface area contributed by atoms with E-state index in [0.29, 0.717) is 17.9 Å². The van der Waals surface area contributed by atoms with Crippen LogP contribution in [-0.2, 0) is 14.3 Å². The van der Waals surface area contributed by atoms with Gasteiger partial charge in [0.25, 0.3) is 11.8 Å². The maximum atomic E-state index is 13.3. The van der Waals surface area contributed by atoms with Crippen LogP contribution in [0.15, 0.2) is 42.1 Å². The molecular formula is C25H30N2O3. The second kappa shape index (κ2) is 8.84. The van der Waals surface area contributed by atoms with Crippen molar-refractivity contribution in [1.29, 1.82) is 0 Å². The molecule has 0 unspecified atom stereocenters. The lowest BCUT2D eigenvalue weighted by atomic mass is 9.97. The molecule has 2 amide bonds. The van der Waals surface area contributed by atoms with Gasteiger partial charge in [-0.2, -0.15) is 0 Å². The molecular weight excluding hydrogens is 376 g/mol. The van der Waals surface area contributed by atoms with Crippen molar-refractivity contribution in [1.82, 2.24) is 4.90 Å². The van der Waals surface area contributed by atoms with Gasteiger partial charge in [0.05, 0.1) is 24.8 Å². The third-order valence-electron chi connectivity index (χ3n) is 5.24. The van der Waals surface area contributed by atoms with Gasteiger partial charge in [-0.25, -0.2) is 0 Å². The van der Waals surface area contributed by atoms with E-state index >= 15 is 0 Å². The topological polar surface area (TPSA) is 58.6 Å². The lowest BCUT2D eigenvalue weighted by molar-refractivity contribution is -0.137.